The monoisotopic (exact) mass is 214 g/mol. The van der Waals surface area contributed by atoms with E-state index in [4.69, 9.17) is 5.21 Å². The molecular formula is C13H14N2O. The van der Waals surface area contributed by atoms with Crippen LogP contribution in [0.2, 0.25) is 0 Å². The lowest BCUT2D eigenvalue weighted by atomic mass is 10.1. The van der Waals surface area contributed by atoms with E-state index >= 15 is 0 Å². The van der Waals surface area contributed by atoms with Crippen LogP contribution >= 0.6 is 0 Å². The van der Waals surface area contributed by atoms with E-state index < -0.39 is 0 Å². The Kier molecular flexibility index (Phi) is 3.38. The van der Waals surface area contributed by atoms with Gasteiger partial charge in [0.25, 0.3) is 0 Å². The van der Waals surface area contributed by atoms with Crippen molar-refractivity contribution in [2.75, 3.05) is 0 Å². The van der Waals surface area contributed by atoms with Crippen molar-refractivity contribution in [1.82, 2.24) is 4.90 Å². The fraction of sp³-hybridized carbons (Fsp3) is 0.154. The van der Waals surface area contributed by atoms with E-state index in [0.717, 1.165) is 6.54 Å². The quantitative estimate of drug-likeness (QED) is 0.476. The molecule has 1 aromatic carbocycles. The summed E-state index contributed by atoms with van der Waals surface area (Å²) < 4.78 is 0. The molecule has 82 valence electrons. The molecule has 0 aromatic heterocycles. The maximum absolute atomic E-state index is 8.59. The highest BCUT2D eigenvalue weighted by atomic mass is 16.4. The first-order chi connectivity index (χ1) is 7.90. The highest BCUT2D eigenvalue weighted by Gasteiger charge is 2.12. The number of allylic oxidation sites excluding steroid dienone is 2. The molecule has 1 atom stereocenters. The fourth-order valence-electron chi connectivity index (χ4n) is 1.70. The van der Waals surface area contributed by atoms with Crippen molar-refractivity contribution in [1.29, 1.82) is 0 Å². The summed E-state index contributed by atoms with van der Waals surface area (Å²) in [4.78, 5) is 2.11. The number of oxime groups is 1. The summed E-state index contributed by atoms with van der Waals surface area (Å²) in [6.07, 6.45) is 9.43. The van der Waals surface area contributed by atoms with Crippen molar-refractivity contribution in [2.24, 2.45) is 5.16 Å². The Balaban J connectivity index is 2.08. The zero-order valence-electron chi connectivity index (χ0n) is 8.90. The molecule has 0 bridgehead atoms. The molecule has 3 heteroatoms. The predicted octanol–water partition coefficient (Wildman–Crippen LogP) is 2.40. The van der Waals surface area contributed by atoms with Crippen molar-refractivity contribution >= 4 is 6.21 Å². The molecule has 2 rings (SSSR count). The van der Waals surface area contributed by atoms with E-state index in [-0.39, 0.29) is 6.04 Å². The summed E-state index contributed by atoms with van der Waals surface area (Å²) >= 11 is 0. The molecule has 1 aliphatic heterocycles. The van der Waals surface area contributed by atoms with E-state index in [2.05, 4.69) is 22.2 Å². The van der Waals surface area contributed by atoms with Crippen LogP contribution in [0.4, 0.5) is 0 Å². The van der Waals surface area contributed by atoms with Gasteiger partial charge in [0.15, 0.2) is 0 Å². The van der Waals surface area contributed by atoms with Gasteiger partial charge in [0.1, 0.15) is 0 Å². The second kappa shape index (κ2) is 5.16. The minimum Gasteiger partial charge on any atom is -0.411 e. The third-order valence-corrected chi connectivity index (χ3v) is 2.51. The van der Waals surface area contributed by atoms with Crippen LogP contribution < -0.4 is 0 Å². The molecule has 0 aliphatic carbocycles. The summed E-state index contributed by atoms with van der Waals surface area (Å²) in [5.41, 5.74) is 1.23. The van der Waals surface area contributed by atoms with Gasteiger partial charge in [-0.2, -0.15) is 0 Å². The largest absolute Gasteiger partial charge is 0.411 e. The molecule has 16 heavy (non-hydrogen) atoms. The SMILES string of the molecule is ON=CC1C=CC=CN1Cc1ccccc1. The second-order valence-corrected chi connectivity index (χ2v) is 3.64. The zero-order chi connectivity index (χ0) is 11.2. The Labute approximate surface area is 95.0 Å². The minimum absolute atomic E-state index is 0.0233. The third kappa shape index (κ3) is 2.51. The van der Waals surface area contributed by atoms with Crippen LogP contribution in [0, 0.1) is 0 Å². The second-order valence-electron chi connectivity index (χ2n) is 3.64. The number of hydrogen-bond acceptors (Lipinski definition) is 3. The maximum atomic E-state index is 8.59. The molecule has 0 saturated carbocycles. The molecule has 3 nitrogen and oxygen atoms in total. The van der Waals surface area contributed by atoms with Gasteiger partial charge in [0.05, 0.1) is 12.3 Å². The van der Waals surface area contributed by atoms with Gasteiger partial charge in [0.2, 0.25) is 0 Å². The maximum Gasteiger partial charge on any atom is 0.0862 e. The zero-order valence-corrected chi connectivity index (χ0v) is 8.90. The molecular weight excluding hydrogens is 200 g/mol. The Bertz CT molecular complexity index is 409. The number of hydrogen-bond donors (Lipinski definition) is 1. The molecule has 0 amide bonds. The van der Waals surface area contributed by atoms with Crippen LogP contribution in [0.3, 0.4) is 0 Å². The first-order valence-corrected chi connectivity index (χ1v) is 5.22. The summed E-state index contributed by atoms with van der Waals surface area (Å²) in [7, 11) is 0. The Morgan fingerprint density at radius 2 is 2.06 bits per heavy atom. The summed E-state index contributed by atoms with van der Waals surface area (Å²) in [5.74, 6) is 0. The van der Waals surface area contributed by atoms with Gasteiger partial charge in [-0.05, 0) is 11.6 Å². The number of benzene rings is 1. The van der Waals surface area contributed by atoms with Crippen LogP contribution in [-0.2, 0) is 6.54 Å². The number of rotatable bonds is 3. The van der Waals surface area contributed by atoms with Crippen molar-refractivity contribution in [2.45, 2.75) is 12.6 Å². The van der Waals surface area contributed by atoms with E-state index in [1.807, 2.05) is 42.6 Å². The Morgan fingerprint density at radius 1 is 1.25 bits per heavy atom. The smallest absolute Gasteiger partial charge is 0.0862 e. The van der Waals surface area contributed by atoms with Gasteiger partial charge in [-0.15, -0.1) is 0 Å². The number of nitrogens with zero attached hydrogens (tertiary/aromatic N) is 2. The lowest BCUT2D eigenvalue weighted by Gasteiger charge is -2.27. The molecule has 0 radical (unpaired) electrons. The summed E-state index contributed by atoms with van der Waals surface area (Å²) in [6, 6.07) is 10.2. The first-order valence-electron chi connectivity index (χ1n) is 5.22. The van der Waals surface area contributed by atoms with Crippen LogP contribution in [-0.4, -0.2) is 22.4 Å². The molecule has 1 unspecified atom stereocenters. The van der Waals surface area contributed by atoms with Crippen LogP contribution in [0.15, 0.2) is 59.9 Å². The standard InChI is InChI=1S/C13H14N2O/c16-14-10-13-8-4-5-9-15(13)11-12-6-2-1-3-7-12/h1-10,13,16H,11H2. The first kappa shape index (κ1) is 10.5. The van der Waals surface area contributed by atoms with Gasteiger partial charge in [-0.3, -0.25) is 0 Å². The van der Waals surface area contributed by atoms with Gasteiger partial charge in [0, 0.05) is 12.7 Å². The lowest BCUT2D eigenvalue weighted by Crippen LogP contribution is -2.31. The fourth-order valence-corrected chi connectivity index (χ4v) is 1.70. The highest BCUT2D eigenvalue weighted by molar-refractivity contribution is 5.67. The van der Waals surface area contributed by atoms with Gasteiger partial charge in [-0.1, -0.05) is 47.6 Å². The Hall–Kier alpha value is -2.03. The van der Waals surface area contributed by atoms with Crippen molar-refractivity contribution < 1.29 is 5.21 Å². The molecule has 0 fully saturated rings. The summed E-state index contributed by atoms with van der Waals surface area (Å²) in [5, 5.41) is 11.7. The van der Waals surface area contributed by atoms with Gasteiger partial charge < -0.3 is 10.1 Å². The molecule has 1 heterocycles. The molecule has 1 aromatic rings. The van der Waals surface area contributed by atoms with Crippen LogP contribution in [0.1, 0.15) is 5.56 Å². The van der Waals surface area contributed by atoms with Crippen molar-refractivity contribution in [3.8, 4) is 0 Å². The predicted molar refractivity (Wildman–Crippen MR) is 64.3 cm³/mol. The average Bonchev–Trinajstić information content (AvgIpc) is 2.33. The van der Waals surface area contributed by atoms with Gasteiger partial charge in [-0.25, -0.2) is 0 Å². The Morgan fingerprint density at radius 3 is 2.81 bits per heavy atom. The molecule has 0 saturated heterocycles. The molecule has 1 aliphatic rings. The highest BCUT2D eigenvalue weighted by Crippen LogP contribution is 2.12. The van der Waals surface area contributed by atoms with Gasteiger partial charge >= 0.3 is 0 Å². The topological polar surface area (TPSA) is 35.8 Å². The third-order valence-electron chi connectivity index (χ3n) is 2.51. The average molecular weight is 214 g/mol. The molecule has 1 N–H and O–H groups in total. The van der Waals surface area contributed by atoms with E-state index in [1.54, 1.807) is 0 Å². The normalized spacial score (nSPS) is 19.5. The molecule has 0 spiro atoms. The van der Waals surface area contributed by atoms with Crippen molar-refractivity contribution in [3.05, 3.63) is 60.3 Å². The summed E-state index contributed by atoms with van der Waals surface area (Å²) in [6.45, 7) is 0.804. The van der Waals surface area contributed by atoms with E-state index in [9.17, 15) is 0 Å². The lowest BCUT2D eigenvalue weighted by molar-refractivity contribution is 0.309. The van der Waals surface area contributed by atoms with E-state index in [0.29, 0.717) is 0 Å². The van der Waals surface area contributed by atoms with E-state index in [1.165, 1.54) is 11.8 Å². The van der Waals surface area contributed by atoms with Crippen LogP contribution in [0.5, 0.6) is 0 Å². The van der Waals surface area contributed by atoms with Crippen LogP contribution in [0.25, 0.3) is 0 Å². The minimum atomic E-state index is 0.0233. The van der Waals surface area contributed by atoms with Crippen molar-refractivity contribution in [3.63, 3.8) is 0 Å².